The van der Waals surface area contributed by atoms with Crippen molar-refractivity contribution in [2.75, 3.05) is 50.8 Å². The molecule has 0 N–H and O–H groups in total. The van der Waals surface area contributed by atoms with Crippen LogP contribution in [0.5, 0.6) is 0 Å². The number of carbonyl (C=O) groups is 2. The van der Waals surface area contributed by atoms with Crippen LogP contribution in [0.3, 0.4) is 0 Å². The van der Waals surface area contributed by atoms with Gasteiger partial charge in [0, 0.05) is 56.6 Å². The smallest absolute Gasteiger partial charge is 0.378 e. The number of halogens is 3. The second kappa shape index (κ2) is 11.9. The number of aromatic nitrogens is 1. The van der Waals surface area contributed by atoms with Crippen molar-refractivity contribution in [1.82, 2.24) is 14.8 Å². The van der Waals surface area contributed by atoms with E-state index in [-0.39, 0.29) is 24.6 Å². The molecule has 6 rings (SSSR count). The molecule has 0 spiro atoms. The first-order valence-electron chi connectivity index (χ1n) is 14.8. The molecule has 2 fully saturated rings. The highest BCUT2D eigenvalue weighted by molar-refractivity contribution is 5.96. The number of hydrogen-bond acceptors (Lipinski definition) is 5. The average Bonchev–Trinajstić information content (AvgIpc) is 3.62. The summed E-state index contributed by atoms with van der Waals surface area (Å²) in [6.45, 7) is 3.82. The van der Waals surface area contributed by atoms with Crippen LogP contribution in [0.4, 0.5) is 19.0 Å². The second-order valence-corrected chi connectivity index (χ2v) is 11.3. The van der Waals surface area contributed by atoms with Crippen LogP contribution in [0.2, 0.25) is 0 Å². The van der Waals surface area contributed by atoms with E-state index >= 15 is 0 Å². The Morgan fingerprint density at radius 1 is 0.976 bits per heavy atom. The number of ether oxygens (including phenoxy) is 1. The Kier molecular flexibility index (Phi) is 8.07. The SMILES string of the molecule is O=C1CCCN1CCCN(Cc1cc2cc3c(cc2nc1N1CCOCC1)CCC3)C(=O)c1ccccc1C(F)(F)F. The molecule has 2 saturated heterocycles. The Morgan fingerprint density at radius 3 is 2.48 bits per heavy atom. The Morgan fingerprint density at radius 2 is 1.74 bits per heavy atom. The zero-order chi connectivity index (χ0) is 29.3. The van der Waals surface area contributed by atoms with Gasteiger partial charge in [-0.25, -0.2) is 4.98 Å². The van der Waals surface area contributed by atoms with Gasteiger partial charge in [0.2, 0.25) is 5.91 Å². The van der Waals surface area contributed by atoms with E-state index < -0.39 is 17.6 Å². The molecule has 222 valence electrons. The van der Waals surface area contributed by atoms with Crippen LogP contribution in [-0.2, 0) is 35.1 Å². The standard InChI is InChI=1S/C32H35F3N4O3/c33-32(34,35)27-9-2-1-8-26(27)31(41)39(13-5-12-37-11-4-10-29(37)40)21-25-19-24-18-22-6-3-7-23(22)20-28(24)36-30(25)38-14-16-42-17-15-38/h1-2,8-9,18-20H,3-7,10-17,21H2. The number of anilines is 1. The molecule has 7 nitrogen and oxygen atoms in total. The van der Waals surface area contributed by atoms with Crippen molar-refractivity contribution in [2.24, 2.45) is 0 Å². The molecule has 3 aromatic rings. The number of carbonyl (C=O) groups excluding carboxylic acids is 2. The molecule has 0 saturated carbocycles. The molecule has 0 radical (unpaired) electrons. The van der Waals surface area contributed by atoms with Crippen LogP contribution in [0.15, 0.2) is 42.5 Å². The highest BCUT2D eigenvalue weighted by Crippen LogP contribution is 2.34. The lowest BCUT2D eigenvalue weighted by Crippen LogP contribution is -2.39. The number of rotatable bonds is 8. The third-order valence-corrected chi connectivity index (χ3v) is 8.53. The van der Waals surface area contributed by atoms with E-state index in [1.165, 1.54) is 34.2 Å². The van der Waals surface area contributed by atoms with Gasteiger partial charge in [-0.15, -0.1) is 0 Å². The van der Waals surface area contributed by atoms with Crippen LogP contribution in [0.25, 0.3) is 10.9 Å². The van der Waals surface area contributed by atoms with Crippen LogP contribution in [0.1, 0.15) is 58.3 Å². The van der Waals surface area contributed by atoms with Gasteiger partial charge in [0.25, 0.3) is 5.91 Å². The minimum Gasteiger partial charge on any atom is -0.378 e. The van der Waals surface area contributed by atoms with Crippen LogP contribution in [0, 0.1) is 0 Å². The molecule has 2 aromatic carbocycles. The van der Waals surface area contributed by atoms with Crippen molar-refractivity contribution in [3.63, 3.8) is 0 Å². The summed E-state index contributed by atoms with van der Waals surface area (Å²) in [5.41, 5.74) is 2.97. The molecule has 1 aliphatic carbocycles. The summed E-state index contributed by atoms with van der Waals surface area (Å²) < 4.78 is 47.4. The highest BCUT2D eigenvalue weighted by Gasteiger charge is 2.36. The number of pyridine rings is 1. The summed E-state index contributed by atoms with van der Waals surface area (Å²) in [5, 5.41) is 0.966. The van der Waals surface area contributed by atoms with E-state index in [4.69, 9.17) is 9.72 Å². The fourth-order valence-corrected chi connectivity index (χ4v) is 6.38. The Balaban J connectivity index is 1.37. The Labute approximate surface area is 243 Å². The van der Waals surface area contributed by atoms with Gasteiger partial charge >= 0.3 is 6.18 Å². The number of likely N-dealkylation sites (tertiary alicyclic amines) is 1. The summed E-state index contributed by atoms with van der Waals surface area (Å²) in [4.78, 5) is 36.5. The minimum absolute atomic E-state index is 0.0798. The number of amides is 2. The van der Waals surface area contributed by atoms with Crippen LogP contribution in [-0.4, -0.2) is 72.5 Å². The maximum absolute atomic E-state index is 13.9. The fraction of sp³-hybridized carbons (Fsp3) is 0.469. The number of fused-ring (bicyclic) bond motifs is 2. The molecule has 0 unspecified atom stereocenters. The predicted molar refractivity (Wildman–Crippen MR) is 153 cm³/mol. The highest BCUT2D eigenvalue weighted by atomic mass is 19.4. The topological polar surface area (TPSA) is 66.0 Å². The van der Waals surface area contributed by atoms with E-state index in [2.05, 4.69) is 17.0 Å². The molecule has 2 amide bonds. The molecule has 2 aliphatic heterocycles. The number of benzene rings is 2. The first-order chi connectivity index (χ1) is 20.3. The van der Waals surface area contributed by atoms with Gasteiger partial charge in [0.15, 0.2) is 0 Å². The number of nitrogens with zero attached hydrogens (tertiary/aromatic N) is 4. The van der Waals surface area contributed by atoms with Gasteiger partial charge in [-0.3, -0.25) is 9.59 Å². The summed E-state index contributed by atoms with van der Waals surface area (Å²) in [6, 6.07) is 11.3. The first kappa shape index (κ1) is 28.5. The molecule has 0 atom stereocenters. The normalized spacial score (nSPS) is 17.3. The molecule has 3 heterocycles. The van der Waals surface area contributed by atoms with Crippen molar-refractivity contribution in [1.29, 1.82) is 0 Å². The molecule has 10 heteroatoms. The van der Waals surface area contributed by atoms with E-state index in [1.54, 1.807) is 4.90 Å². The summed E-state index contributed by atoms with van der Waals surface area (Å²) in [7, 11) is 0. The van der Waals surface area contributed by atoms with E-state index in [0.717, 1.165) is 54.0 Å². The van der Waals surface area contributed by atoms with Crippen molar-refractivity contribution in [2.45, 2.75) is 51.2 Å². The first-order valence-corrected chi connectivity index (χ1v) is 14.8. The Bertz CT molecular complexity index is 1490. The number of hydrogen-bond donors (Lipinski definition) is 0. The van der Waals surface area contributed by atoms with Crippen molar-refractivity contribution in [3.05, 3.63) is 70.3 Å². The third-order valence-electron chi connectivity index (χ3n) is 8.53. The zero-order valence-electron chi connectivity index (χ0n) is 23.6. The summed E-state index contributed by atoms with van der Waals surface area (Å²) in [5.74, 6) is 0.134. The lowest BCUT2D eigenvalue weighted by molar-refractivity contribution is -0.138. The molecule has 0 bridgehead atoms. The number of aryl methyl sites for hydroxylation is 2. The van der Waals surface area contributed by atoms with Gasteiger partial charge in [-0.05, 0) is 73.6 Å². The van der Waals surface area contributed by atoms with Crippen LogP contribution >= 0.6 is 0 Å². The predicted octanol–water partition coefficient (Wildman–Crippen LogP) is 5.23. The Hall–Kier alpha value is -3.66. The maximum atomic E-state index is 13.9. The molecule has 3 aliphatic rings. The lowest BCUT2D eigenvalue weighted by atomic mass is 10.0. The molecule has 42 heavy (non-hydrogen) atoms. The van der Waals surface area contributed by atoms with Gasteiger partial charge < -0.3 is 19.4 Å². The van der Waals surface area contributed by atoms with E-state index in [1.807, 2.05) is 6.07 Å². The van der Waals surface area contributed by atoms with Gasteiger partial charge in [-0.2, -0.15) is 13.2 Å². The maximum Gasteiger partial charge on any atom is 0.417 e. The number of morpholine rings is 1. The second-order valence-electron chi connectivity index (χ2n) is 11.3. The van der Waals surface area contributed by atoms with Gasteiger partial charge in [0.1, 0.15) is 5.82 Å². The quantitative estimate of drug-likeness (QED) is 0.365. The van der Waals surface area contributed by atoms with Crippen molar-refractivity contribution in [3.8, 4) is 0 Å². The lowest BCUT2D eigenvalue weighted by Gasteiger charge is -2.32. The molecule has 1 aromatic heterocycles. The summed E-state index contributed by atoms with van der Waals surface area (Å²) in [6.07, 6.45) is 0.265. The largest absolute Gasteiger partial charge is 0.417 e. The third kappa shape index (κ3) is 5.95. The van der Waals surface area contributed by atoms with Crippen LogP contribution < -0.4 is 4.90 Å². The van der Waals surface area contributed by atoms with Crippen molar-refractivity contribution >= 4 is 28.5 Å². The molecular formula is C32H35F3N4O3. The number of alkyl halides is 3. The zero-order valence-corrected chi connectivity index (χ0v) is 23.6. The van der Waals surface area contributed by atoms with E-state index in [0.29, 0.717) is 52.2 Å². The minimum atomic E-state index is -4.66. The van der Waals surface area contributed by atoms with E-state index in [9.17, 15) is 22.8 Å². The van der Waals surface area contributed by atoms with Crippen molar-refractivity contribution < 1.29 is 27.5 Å². The average molecular weight is 581 g/mol. The monoisotopic (exact) mass is 580 g/mol. The van der Waals surface area contributed by atoms with Gasteiger partial charge in [-0.1, -0.05) is 12.1 Å². The fourth-order valence-electron chi connectivity index (χ4n) is 6.38. The van der Waals surface area contributed by atoms with Gasteiger partial charge in [0.05, 0.1) is 29.9 Å². The summed E-state index contributed by atoms with van der Waals surface area (Å²) >= 11 is 0. The molecular weight excluding hydrogens is 545 g/mol.